The first-order valence-electron chi connectivity index (χ1n) is 6.74. The van der Waals surface area contributed by atoms with Gasteiger partial charge in [0, 0.05) is 25.1 Å². The van der Waals surface area contributed by atoms with Crippen molar-refractivity contribution in [1.82, 2.24) is 5.32 Å². The Labute approximate surface area is 109 Å². The number of rotatable bonds is 5. The standard InChI is InChI=1S/C15H23NO2/c1-10(9-17)11(2)16-12(3)13-4-5-15-14(8-13)6-7-18-15/h4-5,8,10-12,16-17H,6-7,9H2,1-3H3. The van der Waals surface area contributed by atoms with Gasteiger partial charge in [0.05, 0.1) is 6.61 Å². The molecule has 1 aromatic carbocycles. The first-order chi connectivity index (χ1) is 8.61. The number of aliphatic hydroxyl groups excluding tert-OH is 1. The number of aliphatic hydroxyl groups is 1. The quantitative estimate of drug-likeness (QED) is 0.841. The molecule has 1 aliphatic rings. The Kier molecular flexibility index (Phi) is 4.25. The van der Waals surface area contributed by atoms with E-state index in [0.717, 1.165) is 18.8 Å². The van der Waals surface area contributed by atoms with E-state index in [-0.39, 0.29) is 12.5 Å². The second-order valence-electron chi connectivity index (χ2n) is 5.30. The van der Waals surface area contributed by atoms with E-state index in [0.29, 0.717) is 12.1 Å². The van der Waals surface area contributed by atoms with E-state index >= 15 is 0 Å². The van der Waals surface area contributed by atoms with Crippen LogP contribution in [-0.2, 0) is 6.42 Å². The van der Waals surface area contributed by atoms with Crippen molar-refractivity contribution >= 4 is 0 Å². The molecule has 18 heavy (non-hydrogen) atoms. The van der Waals surface area contributed by atoms with Gasteiger partial charge < -0.3 is 15.2 Å². The molecular weight excluding hydrogens is 226 g/mol. The average Bonchev–Trinajstić information content (AvgIpc) is 2.84. The summed E-state index contributed by atoms with van der Waals surface area (Å²) in [6, 6.07) is 7.01. The minimum absolute atomic E-state index is 0.221. The van der Waals surface area contributed by atoms with Crippen LogP contribution in [0.3, 0.4) is 0 Å². The van der Waals surface area contributed by atoms with E-state index in [4.69, 9.17) is 9.84 Å². The summed E-state index contributed by atoms with van der Waals surface area (Å²) in [6.45, 7) is 7.37. The van der Waals surface area contributed by atoms with Gasteiger partial charge in [-0.15, -0.1) is 0 Å². The maximum atomic E-state index is 9.16. The van der Waals surface area contributed by atoms with Crippen molar-refractivity contribution in [3.63, 3.8) is 0 Å². The number of hydrogen-bond donors (Lipinski definition) is 2. The van der Waals surface area contributed by atoms with Gasteiger partial charge in [0.15, 0.2) is 0 Å². The van der Waals surface area contributed by atoms with Gasteiger partial charge in [-0.3, -0.25) is 0 Å². The van der Waals surface area contributed by atoms with Crippen molar-refractivity contribution in [2.24, 2.45) is 5.92 Å². The Morgan fingerprint density at radius 3 is 2.83 bits per heavy atom. The molecular formula is C15H23NO2. The number of hydrogen-bond acceptors (Lipinski definition) is 3. The van der Waals surface area contributed by atoms with Gasteiger partial charge in [0.2, 0.25) is 0 Å². The third-order valence-corrected chi connectivity index (χ3v) is 3.87. The molecule has 3 atom stereocenters. The van der Waals surface area contributed by atoms with Crippen molar-refractivity contribution in [3.8, 4) is 5.75 Å². The molecule has 3 heteroatoms. The van der Waals surface area contributed by atoms with E-state index in [1.54, 1.807) is 0 Å². The highest BCUT2D eigenvalue weighted by atomic mass is 16.5. The van der Waals surface area contributed by atoms with E-state index in [1.807, 2.05) is 0 Å². The molecule has 0 spiro atoms. The van der Waals surface area contributed by atoms with Crippen molar-refractivity contribution < 1.29 is 9.84 Å². The fourth-order valence-corrected chi connectivity index (χ4v) is 2.29. The first kappa shape index (κ1) is 13.4. The molecule has 0 bridgehead atoms. The van der Waals surface area contributed by atoms with Gasteiger partial charge in [0.25, 0.3) is 0 Å². The predicted molar refractivity (Wildman–Crippen MR) is 72.9 cm³/mol. The summed E-state index contributed by atoms with van der Waals surface area (Å²) in [7, 11) is 0. The minimum Gasteiger partial charge on any atom is -0.493 e. The third kappa shape index (κ3) is 2.85. The minimum atomic E-state index is 0.221. The van der Waals surface area contributed by atoms with Gasteiger partial charge in [-0.25, -0.2) is 0 Å². The molecule has 0 saturated carbocycles. The zero-order valence-corrected chi connectivity index (χ0v) is 11.4. The lowest BCUT2D eigenvalue weighted by Gasteiger charge is -2.24. The summed E-state index contributed by atoms with van der Waals surface area (Å²) in [5.74, 6) is 1.30. The topological polar surface area (TPSA) is 41.5 Å². The zero-order chi connectivity index (χ0) is 13.1. The Morgan fingerprint density at radius 1 is 1.33 bits per heavy atom. The molecule has 2 rings (SSSR count). The second kappa shape index (κ2) is 5.72. The monoisotopic (exact) mass is 249 g/mol. The van der Waals surface area contributed by atoms with Crippen LogP contribution in [0.25, 0.3) is 0 Å². The molecule has 0 aromatic heterocycles. The normalized spacial score (nSPS) is 18.9. The predicted octanol–water partition coefficient (Wildman–Crippen LogP) is 2.29. The second-order valence-corrected chi connectivity index (χ2v) is 5.30. The van der Waals surface area contributed by atoms with Crippen LogP contribution in [-0.4, -0.2) is 24.4 Å². The van der Waals surface area contributed by atoms with Gasteiger partial charge >= 0.3 is 0 Å². The van der Waals surface area contributed by atoms with Gasteiger partial charge in [-0.2, -0.15) is 0 Å². The van der Waals surface area contributed by atoms with E-state index in [9.17, 15) is 0 Å². The molecule has 1 heterocycles. The summed E-state index contributed by atoms with van der Waals surface area (Å²) in [5, 5.41) is 12.7. The number of ether oxygens (including phenoxy) is 1. The highest BCUT2D eigenvalue weighted by Crippen LogP contribution is 2.28. The number of fused-ring (bicyclic) bond motifs is 1. The summed E-state index contributed by atoms with van der Waals surface area (Å²) >= 11 is 0. The van der Waals surface area contributed by atoms with E-state index < -0.39 is 0 Å². The molecule has 0 aliphatic carbocycles. The van der Waals surface area contributed by atoms with Crippen molar-refractivity contribution in [1.29, 1.82) is 0 Å². The highest BCUT2D eigenvalue weighted by molar-refractivity contribution is 5.40. The van der Waals surface area contributed by atoms with Crippen LogP contribution in [0.2, 0.25) is 0 Å². The molecule has 2 N–H and O–H groups in total. The molecule has 0 saturated heterocycles. The smallest absolute Gasteiger partial charge is 0.122 e. The molecule has 1 aliphatic heterocycles. The molecule has 0 amide bonds. The third-order valence-electron chi connectivity index (χ3n) is 3.87. The SMILES string of the molecule is CC(NC(C)C(C)CO)c1ccc2c(c1)CCO2. The van der Waals surface area contributed by atoms with Crippen LogP contribution >= 0.6 is 0 Å². The van der Waals surface area contributed by atoms with Crippen LogP contribution in [0.4, 0.5) is 0 Å². The highest BCUT2D eigenvalue weighted by Gasteiger charge is 2.17. The van der Waals surface area contributed by atoms with E-state index in [2.05, 4.69) is 44.3 Å². The molecule has 3 nitrogen and oxygen atoms in total. The summed E-state index contributed by atoms with van der Waals surface area (Å²) in [4.78, 5) is 0. The first-order valence-corrected chi connectivity index (χ1v) is 6.74. The fourth-order valence-electron chi connectivity index (χ4n) is 2.29. The molecule has 0 fully saturated rings. The van der Waals surface area contributed by atoms with Crippen molar-refractivity contribution in [2.75, 3.05) is 13.2 Å². The van der Waals surface area contributed by atoms with Crippen LogP contribution in [0.5, 0.6) is 5.75 Å². The fraction of sp³-hybridized carbons (Fsp3) is 0.600. The molecule has 1 aromatic rings. The lowest BCUT2D eigenvalue weighted by molar-refractivity contribution is 0.202. The summed E-state index contributed by atoms with van der Waals surface area (Å²) < 4.78 is 5.52. The van der Waals surface area contributed by atoms with Gasteiger partial charge in [-0.05, 0) is 37.0 Å². The Morgan fingerprint density at radius 2 is 2.11 bits per heavy atom. The largest absolute Gasteiger partial charge is 0.493 e. The molecule has 0 radical (unpaired) electrons. The molecule has 3 unspecified atom stereocenters. The van der Waals surface area contributed by atoms with Gasteiger partial charge in [-0.1, -0.05) is 19.1 Å². The lowest BCUT2D eigenvalue weighted by atomic mass is 10.00. The number of nitrogens with one attached hydrogen (secondary N) is 1. The molecule has 100 valence electrons. The Bertz CT molecular complexity index is 405. The van der Waals surface area contributed by atoms with Gasteiger partial charge in [0.1, 0.15) is 5.75 Å². The summed E-state index contributed by atoms with van der Waals surface area (Å²) in [5.41, 5.74) is 2.60. The maximum absolute atomic E-state index is 9.16. The number of benzene rings is 1. The summed E-state index contributed by atoms with van der Waals surface area (Å²) in [6.07, 6.45) is 1.01. The maximum Gasteiger partial charge on any atom is 0.122 e. The Balaban J connectivity index is 2.03. The van der Waals surface area contributed by atoms with Crippen molar-refractivity contribution in [3.05, 3.63) is 29.3 Å². The van der Waals surface area contributed by atoms with Crippen LogP contribution in [0, 0.1) is 5.92 Å². The Hall–Kier alpha value is -1.06. The van der Waals surface area contributed by atoms with Crippen molar-refractivity contribution in [2.45, 2.75) is 39.3 Å². The lowest BCUT2D eigenvalue weighted by Crippen LogP contribution is -2.35. The average molecular weight is 249 g/mol. The zero-order valence-electron chi connectivity index (χ0n) is 11.4. The van der Waals surface area contributed by atoms with Crippen LogP contribution in [0.15, 0.2) is 18.2 Å². The van der Waals surface area contributed by atoms with Crippen LogP contribution < -0.4 is 10.1 Å². The van der Waals surface area contributed by atoms with E-state index in [1.165, 1.54) is 11.1 Å². The van der Waals surface area contributed by atoms with Crippen LogP contribution in [0.1, 0.15) is 37.9 Å².